The summed E-state index contributed by atoms with van der Waals surface area (Å²) in [4.78, 5) is 7.10. The SMILES string of the molecule is COc1ccc(Cl)c2sc(N3CCN(S(=O)(=O)c4ccccc4)CC3)nc12. The zero-order chi connectivity index (χ0) is 19.0. The van der Waals surface area contributed by atoms with Crippen molar-refractivity contribution in [1.29, 1.82) is 0 Å². The summed E-state index contributed by atoms with van der Waals surface area (Å²) in [6.45, 7) is 1.98. The Morgan fingerprint density at radius 2 is 1.78 bits per heavy atom. The van der Waals surface area contributed by atoms with Gasteiger partial charge < -0.3 is 9.64 Å². The second-order valence-corrected chi connectivity index (χ2v) is 9.45. The highest BCUT2D eigenvalue weighted by atomic mass is 35.5. The summed E-state index contributed by atoms with van der Waals surface area (Å²) in [5.74, 6) is 0.683. The number of halogens is 1. The number of hydrogen-bond donors (Lipinski definition) is 0. The molecule has 0 spiro atoms. The van der Waals surface area contributed by atoms with Gasteiger partial charge in [0.2, 0.25) is 10.0 Å². The summed E-state index contributed by atoms with van der Waals surface area (Å²) in [7, 11) is -1.86. The van der Waals surface area contributed by atoms with Gasteiger partial charge in [0.05, 0.1) is 21.7 Å². The van der Waals surface area contributed by atoms with Crippen LogP contribution in [0.2, 0.25) is 5.02 Å². The number of benzene rings is 2. The van der Waals surface area contributed by atoms with E-state index >= 15 is 0 Å². The summed E-state index contributed by atoms with van der Waals surface area (Å²) in [5, 5.41) is 1.47. The van der Waals surface area contributed by atoms with Gasteiger partial charge in [0.15, 0.2) is 5.13 Å². The van der Waals surface area contributed by atoms with Gasteiger partial charge in [0.25, 0.3) is 0 Å². The van der Waals surface area contributed by atoms with Crippen LogP contribution in [0.3, 0.4) is 0 Å². The molecule has 1 aliphatic heterocycles. The van der Waals surface area contributed by atoms with Crippen LogP contribution in [0.1, 0.15) is 0 Å². The number of rotatable bonds is 4. The maximum atomic E-state index is 12.8. The van der Waals surface area contributed by atoms with Crippen molar-refractivity contribution in [3.05, 3.63) is 47.5 Å². The molecule has 9 heteroatoms. The molecule has 1 aliphatic rings. The fraction of sp³-hybridized carbons (Fsp3) is 0.278. The average Bonchev–Trinajstić information content (AvgIpc) is 3.15. The zero-order valence-corrected chi connectivity index (χ0v) is 17.0. The molecule has 0 bridgehead atoms. The fourth-order valence-corrected chi connectivity index (χ4v) is 5.85. The molecule has 1 aromatic heterocycles. The standard InChI is InChI=1S/C18H18ClN3O3S2/c1-25-15-8-7-14(19)17-16(15)20-18(26-17)21-9-11-22(12-10-21)27(23,24)13-5-3-2-4-6-13/h2-8H,9-12H2,1H3. The quantitative estimate of drug-likeness (QED) is 0.643. The monoisotopic (exact) mass is 423 g/mol. The fourth-order valence-electron chi connectivity index (χ4n) is 3.10. The number of methoxy groups -OCH3 is 1. The van der Waals surface area contributed by atoms with Crippen molar-refractivity contribution in [2.75, 3.05) is 38.2 Å². The van der Waals surface area contributed by atoms with Crippen LogP contribution in [0.4, 0.5) is 5.13 Å². The number of thiazole rings is 1. The van der Waals surface area contributed by atoms with Crippen molar-refractivity contribution in [2.45, 2.75) is 4.90 Å². The van der Waals surface area contributed by atoms with Gasteiger partial charge in [-0.3, -0.25) is 0 Å². The Morgan fingerprint density at radius 3 is 2.44 bits per heavy atom. The van der Waals surface area contributed by atoms with Gasteiger partial charge in [0, 0.05) is 26.2 Å². The Labute approximate surface area is 167 Å². The molecule has 0 amide bonds. The van der Waals surface area contributed by atoms with Gasteiger partial charge in [-0.05, 0) is 24.3 Å². The molecular formula is C18H18ClN3O3S2. The van der Waals surface area contributed by atoms with Crippen LogP contribution in [0.25, 0.3) is 10.2 Å². The molecule has 0 radical (unpaired) electrons. The number of nitrogens with zero attached hydrogens (tertiary/aromatic N) is 3. The second-order valence-electron chi connectivity index (χ2n) is 6.13. The van der Waals surface area contributed by atoms with Crippen LogP contribution in [-0.2, 0) is 10.0 Å². The highest BCUT2D eigenvalue weighted by Crippen LogP contribution is 2.39. The van der Waals surface area contributed by atoms with Gasteiger partial charge in [-0.1, -0.05) is 41.1 Å². The molecule has 0 saturated carbocycles. The Bertz CT molecular complexity index is 1060. The first-order valence-corrected chi connectivity index (χ1v) is 11.1. The maximum Gasteiger partial charge on any atom is 0.243 e. The maximum absolute atomic E-state index is 12.8. The first-order valence-electron chi connectivity index (χ1n) is 8.44. The first-order chi connectivity index (χ1) is 13.0. The third-order valence-corrected chi connectivity index (χ3v) is 8.05. The van der Waals surface area contributed by atoms with Crippen molar-refractivity contribution < 1.29 is 13.2 Å². The van der Waals surface area contributed by atoms with Crippen LogP contribution < -0.4 is 9.64 Å². The van der Waals surface area contributed by atoms with Crippen molar-refractivity contribution in [1.82, 2.24) is 9.29 Å². The van der Waals surface area contributed by atoms with E-state index < -0.39 is 10.0 Å². The Kier molecular flexibility index (Phi) is 4.98. The largest absolute Gasteiger partial charge is 0.494 e. The van der Waals surface area contributed by atoms with Crippen LogP contribution in [0, 0.1) is 0 Å². The van der Waals surface area contributed by atoms with E-state index in [0.29, 0.717) is 41.8 Å². The van der Waals surface area contributed by atoms with E-state index in [0.717, 1.165) is 15.3 Å². The minimum Gasteiger partial charge on any atom is -0.494 e. The molecule has 2 heterocycles. The van der Waals surface area contributed by atoms with E-state index in [4.69, 9.17) is 16.3 Å². The normalized spacial score (nSPS) is 16.0. The lowest BCUT2D eigenvalue weighted by Crippen LogP contribution is -2.48. The molecule has 1 fully saturated rings. The van der Waals surface area contributed by atoms with Crippen LogP contribution in [0.5, 0.6) is 5.75 Å². The van der Waals surface area contributed by atoms with Gasteiger partial charge in [-0.2, -0.15) is 4.31 Å². The van der Waals surface area contributed by atoms with Gasteiger partial charge >= 0.3 is 0 Å². The molecule has 0 unspecified atom stereocenters. The molecule has 2 aromatic carbocycles. The van der Waals surface area contributed by atoms with E-state index in [1.54, 1.807) is 43.5 Å². The molecule has 4 rings (SSSR count). The molecule has 0 aliphatic carbocycles. The summed E-state index contributed by atoms with van der Waals surface area (Å²) in [6, 6.07) is 12.1. The predicted molar refractivity (Wildman–Crippen MR) is 109 cm³/mol. The molecular weight excluding hydrogens is 406 g/mol. The number of aromatic nitrogens is 1. The number of sulfonamides is 1. The number of ether oxygens (including phenoxy) is 1. The third kappa shape index (κ3) is 3.38. The molecule has 27 heavy (non-hydrogen) atoms. The second kappa shape index (κ2) is 7.27. The molecule has 0 N–H and O–H groups in total. The van der Waals surface area contributed by atoms with E-state index in [9.17, 15) is 8.42 Å². The van der Waals surface area contributed by atoms with E-state index in [1.165, 1.54) is 15.6 Å². The Balaban J connectivity index is 1.55. The van der Waals surface area contributed by atoms with Crippen LogP contribution >= 0.6 is 22.9 Å². The lowest BCUT2D eigenvalue weighted by Gasteiger charge is -2.33. The summed E-state index contributed by atoms with van der Waals surface area (Å²) >= 11 is 7.80. The average molecular weight is 424 g/mol. The van der Waals surface area contributed by atoms with Crippen molar-refractivity contribution >= 4 is 48.3 Å². The molecule has 6 nitrogen and oxygen atoms in total. The number of hydrogen-bond acceptors (Lipinski definition) is 6. The minimum absolute atomic E-state index is 0.329. The molecule has 1 saturated heterocycles. The smallest absolute Gasteiger partial charge is 0.243 e. The number of anilines is 1. The summed E-state index contributed by atoms with van der Waals surface area (Å²) in [5.41, 5.74) is 0.740. The highest BCUT2D eigenvalue weighted by molar-refractivity contribution is 7.89. The predicted octanol–water partition coefficient (Wildman–Crippen LogP) is 3.47. The Morgan fingerprint density at radius 1 is 1.07 bits per heavy atom. The van der Waals surface area contributed by atoms with Gasteiger partial charge in [-0.15, -0.1) is 0 Å². The van der Waals surface area contributed by atoms with E-state index in [1.807, 2.05) is 6.07 Å². The minimum atomic E-state index is -3.46. The van der Waals surface area contributed by atoms with Gasteiger partial charge in [0.1, 0.15) is 11.3 Å². The number of fused-ring (bicyclic) bond motifs is 1. The van der Waals surface area contributed by atoms with Crippen LogP contribution in [0.15, 0.2) is 47.4 Å². The summed E-state index contributed by atoms with van der Waals surface area (Å²) < 4.78 is 33.3. The van der Waals surface area contributed by atoms with Gasteiger partial charge in [-0.25, -0.2) is 13.4 Å². The lowest BCUT2D eigenvalue weighted by molar-refractivity contribution is 0.385. The van der Waals surface area contributed by atoms with Crippen molar-refractivity contribution in [3.8, 4) is 5.75 Å². The van der Waals surface area contributed by atoms with E-state index in [2.05, 4.69) is 9.88 Å². The zero-order valence-electron chi connectivity index (χ0n) is 14.6. The van der Waals surface area contributed by atoms with Crippen LogP contribution in [-0.4, -0.2) is 51.0 Å². The van der Waals surface area contributed by atoms with E-state index in [-0.39, 0.29) is 0 Å². The van der Waals surface area contributed by atoms with Crippen molar-refractivity contribution in [3.63, 3.8) is 0 Å². The third-order valence-electron chi connectivity index (χ3n) is 4.56. The summed E-state index contributed by atoms with van der Waals surface area (Å²) in [6.07, 6.45) is 0. The highest BCUT2D eigenvalue weighted by Gasteiger charge is 2.29. The molecule has 3 aromatic rings. The lowest BCUT2D eigenvalue weighted by atomic mass is 10.3. The molecule has 142 valence electrons. The topological polar surface area (TPSA) is 62.7 Å². The first kappa shape index (κ1) is 18.5. The molecule has 0 atom stereocenters. The Hall–Kier alpha value is -1.87. The van der Waals surface area contributed by atoms with Crippen molar-refractivity contribution in [2.24, 2.45) is 0 Å². The number of piperazine rings is 1.